The van der Waals surface area contributed by atoms with Gasteiger partial charge in [-0.15, -0.1) is 0 Å². The molecule has 2 aromatic carbocycles. The van der Waals surface area contributed by atoms with E-state index in [2.05, 4.69) is 4.72 Å². The molecule has 2 aromatic rings. The third kappa shape index (κ3) is 4.50. The van der Waals surface area contributed by atoms with Gasteiger partial charge in [0, 0.05) is 31.2 Å². The topological polar surface area (TPSA) is 79.0 Å². The fraction of sp³-hybridized carbons (Fsp3) is 0.409. The summed E-state index contributed by atoms with van der Waals surface area (Å²) in [5, 5.41) is 0. The molecule has 0 saturated heterocycles. The number of hydrogen-bond donors (Lipinski definition) is 1. The summed E-state index contributed by atoms with van der Waals surface area (Å²) in [5.74, 6) is 0.687. The van der Waals surface area contributed by atoms with E-state index < -0.39 is 10.0 Å². The predicted molar refractivity (Wildman–Crippen MR) is 117 cm³/mol. The summed E-state index contributed by atoms with van der Waals surface area (Å²) in [7, 11) is 1.72. The zero-order chi connectivity index (χ0) is 22.1. The lowest BCUT2D eigenvalue weighted by Crippen LogP contribution is -2.34. The molecule has 1 amide bonds. The van der Waals surface area contributed by atoms with Crippen molar-refractivity contribution in [2.24, 2.45) is 0 Å². The minimum atomic E-state index is -3.70. The first kappa shape index (κ1) is 22.3. The van der Waals surface area contributed by atoms with Crippen molar-refractivity contribution in [1.82, 2.24) is 9.62 Å². The van der Waals surface area contributed by atoms with Gasteiger partial charge in [0.2, 0.25) is 15.9 Å². The number of nitrogens with one attached hydrogen (secondary N) is 1. The molecule has 1 heterocycles. The molecule has 3 rings (SSSR count). The van der Waals surface area contributed by atoms with Crippen LogP contribution in [0.25, 0.3) is 0 Å². The van der Waals surface area contributed by atoms with Crippen LogP contribution in [0, 0.1) is 0 Å². The van der Waals surface area contributed by atoms with Crippen molar-refractivity contribution in [3.8, 4) is 5.75 Å². The first-order valence-electron chi connectivity index (χ1n) is 9.87. The Morgan fingerprint density at radius 2 is 2.00 bits per heavy atom. The molecule has 0 bridgehead atoms. The molecule has 1 N–H and O–H groups in total. The van der Waals surface area contributed by atoms with Crippen molar-refractivity contribution >= 4 is 21.6 Å². The molecule has 1 aliphatic rings. The van der Waals surface area contributed by atoms with Crippen molar-refractivity contribution in [2.45, 2.75) is 37.2 Å². The van der Waals surface area contributed by atoms with Gasteiger partial charge in [-0.3, -0.25) is 4.79 Å². The summed E-state index contributed by atoms with van der Waals surface area (Å²) in [6.45, 7) is 3.71. The molecular formula is C22H29N3O4S. The van der Waals surface area contributed by atoms with Crippen LogP contribution < -0.4 is 14.4 Å². The van der Waals surface area contributed by atoms with E-state index in [1.165, 1.54) is 6.92 Å². The van der Waals surface area contributed by atoms with E-state index in [1.807, 2.05) is 50.2 Å². The maximum atomic E-state index is 13.0. The summed E-state index contributed by atoms with van der Waals surface area (Å²) in [5.41, 5.74) is 2.62. The van der Waals surface area contributed by atoms with E-state index in [-0.39, 0.29) is 29.4 Å². The highest BCUT2D eigenvalue weighted by Crippen LogP contribution is 2.34. The third-order valence-corrected chi connectivity index (χ3v) is 6.91. The Kier molecular flexibility index (Phi) is 6.50. The number of ether oxygens (including phenoxy) is 1. The molecule has 0 unspecified atom stereocenters. The van der Waals surface area contributed by atoms with Crippen LogP contribution in [-0.2, 0) is 21.2 Å². The number of methoxy groups -OCH3 is 1. The molecule has 7 nitrogen and oxygen atoms in total. The maximum Gasteiger partial charge on any atom is 0.240 e. The Bertz CT molecular complexity index is 1040. The number of rotatable bonds is 7. The molecule has 162 valence electrons. The van der Waals surface area contributed by atoms with Crippen LogP contribution in [0.1, 0.15) is 31.0 Å². The van der Waals surface area contributed by atoms with Gasteiger partial charge < -0.3 is 14.5 Å². The lowest BCUT2D eigenvalue weighted by Gasteiger charge is -2.25. The number of sulfonamides is 1. The van der Waals surface area contributed by atoms with E-state index in [9.17, 15) is 13.2 Å². The number of nitrogens with zero attached hydrogens (tertiary/aromatic N) is 2. The minimum absolute atomic E-state index is 0.0228. The van der Waals surface area contributed by atoms with E-state index >= 15 is 0 Å². The summed E-state index contributed by atoms with van der Waals surface area (Å²) in [6, 6.07) is 12.4. The van der Waals surface area contributed by atoms with Gasteiger partial charge in [-0.2, -0.15) is 0 Å². The van der Waals surface area contributed by atoms with Crippen LogP contribution in [0.5, 0.6) is 5.75 Å². The summed E-state index contributed by atoms with van der Waals surface area (Å²) in [4.78, 5) is 15.8. The SMILES string of the molecule is COc1cccc([C@@H](CNS(=O)(=O)c2ccc3c(c2)C[C@@H](C)N3C(C)=O)N(C)C)c1. The van der Waals surface area contributed by atoms with Gasteiger partial charge in [0.15, 0.2) is 0 Å². The monoisotopic (exact) mass is 431 g/mol. The van der Waals surface area contributed by atoms with Crippen LogP contribution in [0.2, 0.25) is 0 Å². The Hall–Kier alpha value is -2.42. The number of amides is 1. The highest BCUT2D eigenvalue weighted by atomic mass is 32.2. The molecule has 2 atom stereocenters. The quantitative estimate of drug-likeness (QED) is 0.729. The van der Waals surface area contributed by atoms with Crippen molar-refractivity contribution < 1.29 is 17.9 Å². The number of carbonyl (C=O) groups is 1. The highest BCUT2D eigenvalue weighted by Gasteiger charge is 2.30. The number of anilines is 1. The van der Waals surface area contributed by atoms with Gasteiger partial charge in [-0.1, -0.05) is 12.1 Å². The molecule has 0 radical (unpaired) electrons. The molecule has 0 aliphatic carbocycles. The molecule has 0 fully saturated rings. The number of carbonyl (C=O) groups excluding carboxylic acids is 1. The van der Waals surface area contributed by atoms with E-state index in [1.54, 1.807) is 30.2 Å². The van der Waals surface area contributed by atoms with Crippen LogP contribution in [0.3, 0.4) is 0 Å². The highest BCUT2D eigenvalue weighted by molar-refractivity contribution is 7.89. The second-order valence-corrected chi connectivity index (χ2v) is 9.61. The zero-order valence-electron chi connectivity index (χ0n) is 18.0. The molecule has 0 aromatic heterocycles. The van der Waals surface area contributed by atoms with Crippen molar-refractivity contribution in [2.75, 3.05) is 32.6 Å². The predicted octanol–water partition coefficient (Wildman–Crippen LogP) is 2.57. The number of hydrogen-bond acceptors (Lipinski definition) is 5. The Labute approximate surface area is 178 Å². The van der Waals surface area contributed by atoms with E-state index in [0.717, 1.165) is 22.6 Å². The van der Waals surface area contributed by atoms with Gasteiger partial charge in [0.05, 0.1) is 12.0 Å². The van der Waals surface area contributed by atoms with E-state index in [4.69, 9.17) is 4.74 Å². The average Bonchev–Trinajstić information content (AvgIpc) is 3.03. The number of fused-ring (bicyclic) bond motifs is 1. The average molecular weight is 432 g/mol. The first-order chi connectivity index (χ1) is 14.1. The molecule has 0 saturated carbocycles. The second-order valence-electron chi connectivity index (χ2n) is 7.84. The Morgan fingerprint density at radius 1 is 1.27 bits per heavy atom. The molecule has 0 spiro atoms. The summed E-state index contributed by atoms with van der Waals surface area (Å²) >= 11 is 0. The summed E-state index contributed by atoms with van der Waals surface area (Å²) in [6.07, 6.45) is 0.641. The van der Waals surface area contributed by atoms with Crippen LogP contribution in [0.15, 0.2) is 47.4 Å². The van der Waals surface area contributed by atoms with E-state index in [0.29, 0.717) is 6.42 Å². The Morgan fingerprint density at radius 3 is 2.63 bits per heavy atom. The van der Waals surface area contributed by atoms with Gasteiger partial charge in [0.1, 0.15) is 5.75 Å². The second kappa shape index (κ2) is 8.75. The van der Waals surface area contributed by atoms with Crippen molar-refractivity contribution in [3.63, 3.8) is 0 Å². The minimum Gasteiger partial charge on any atom is -0.497 e. The van der Waals surface area contributed by atoms with Gasteiger partial charge in [0.25, 0.3) is 0 Å². The fourth-order valence-electron chi connectivity index (χ4n) is 3.97. The van der Waals surface area contributed by atoms with Crippen LogP contribution >= 0.6 is 0 Å². The van der Waals surface area contributed by atoms with Gasteiger partial charge in [-0.05, 0) is 68.9 Å². The lowest BCUT2D eigenvalue weighted by atomic mass is 10.1. The molecule has 8 heteroatoms. The molecule has 1 aliphatic heterocycles. The maximum absolute atomic E-state index is 13.0. The lowest BCUT2D eigenvalue weighted by molar-refractivity contribution is -0.116. The van der Waals surface area contributed by atoms with Crippen LogP contribution in [0.4, 0.5) is 5.69 Å². The van der Waals surface area contributed by atoms with Gasteiger partial charge >= 0.3 is 0 Å². The number of likely N-dealkylation sites (N-methyl/N-ethyl adjacent to an activating group) is 1. The summed E-state index contributed by atoms with van der Waals surface area (Å²) < 4.78 is 34.0. The largest absolute Gasteiger partial charge is 0.497 e. The zero-order valence-corrected chi connectivity index (χ0v) is 18.9. The van der Waals surface area contributed by atoms with Gasteiger partial charge in [-0.25, -0.2) is 13.1 Å². The first-order valence-corrected chi connectivity index (χ1v) is 11.3. The normalized spacial score (nSPS) is 17.1. The van der Waals surface area contributed by atoms with Crippen LogP contribution in [-0.4, -0.2) is 53.0 Å². The third-order valence-electron chi connectivity index (χ3n) is 5.48. The van der Waals surface area contributed by atoms with Crippen molar-refractivity contribution in [3.05, 3.63) is 53.6 Å². The number of benzene rings is 2. The standard InChI is InChI=1S/C22H29N3O4S/c1-15-11-18-13-20(9-10-21(18)25(15)16(2)26)30(27,28)23-14-22(24(3)4)17-7-6-8-19(12-17)29-5/h6-10,12-13,15,22-23H,11,14H2,1-5H3/t15-,22-/m1/s1. The fourth-order valence-corrected chi connectivity index (χ4v) is 5.06. The molecular weight excluding hydrogens is 402 g/mol. The Balaban J connectivity index is 1.81. The smallest absolute Gasteiger partial charge is 0.240 e. The van der Waals surface area contributed by atoms with Crippen molar-refractivity contribution in [1.29, 1.82) is 0 Å². The molecule has 30 heavy (non-hydrogen) atoms.